The Morgan fingerprint density at radius 3 is 2.83 bits per heavy atom. The fourth-order valence-corrected chi connectivity index (χ4v) is 2.87. The molecule has 0 aliphatic carbocycles. The van der Waals surface area contributed by atoms with Gasteiger partial charge >= 0.3 is 0 Å². The standard InChI is InChI=1S/C19H21NO3/c1-14-5-3-7-17(11-14)23-13-19(21)20-10-4-6-15-8-9-16(22-2)12-18(15)20/h3,5,7-9,11-12H,4,6,10,13H2,1-2H3. The summed E-state index contributed by atoms with van der Waals surface area (Å²) in [6.45, 7) is 2.76. The molecule has 0 atom stereocenters. The zero-order valence-electron chi connectivity index (χ0n) is 13.5. The summed E-state index contributed by atoms with van der Waals surface area (Å²) in [6.07, 6.45) is 1.96. The van der Waals surface area contributed by atoms with Crippen molar-refractivity contribution < 1.29 is 14.3 Å². The molecule has 0 spiro atoms. The lowest BCUT2D eigenvalue weighted by Crippen LogP contribution is -2.38. The van der Waals surface area contributed by atoms with Crippen molar-refractivity contribution in [2.24, 2.45) is 0 Å². The molecule has 0 bridgehead atoms. The van der Waals surface area contributed by atoms with Gasteiger partial charge < -0.3 is 14.4 Å². The Balaban J connectivity index is 1.73. The lowest BCUT2D eigenvalue weighted by atomic mass is 10.0. The van der Waals surface area contributed by atoms with Crippen LogP contribution in [-0.4, -0.2) is 26.2 Å². The van der Waals surface area contributed by atoms with Gasteiger partial charge in [0.15, 0.2) is 6.61 Å². The highest BCUT2D eigenvalue weighted by molar-refractivity contribution is 5.95. The van der Waals surface area contributed by atoms with E-state index in [4.69, 9.17) is 9.47 Å². The van der Waals surface area contributed by atoms with Crippen LogP contribution in [0.1, 0.15) is 17.5 Å². The van der Waals surface area contributed by atoms with Gasteiger partial charge in [-0.15, -0.1) is 0 Å². The molecule has 23 heavy (non-hydrogen) atoms. The second-order valence-corrected chi connectivity index (χ2v) is 5.75. The molecule has 0 unspecified atom stereocenters. The predicted octanol–water partition coefficient (Wildman–Crippen LogP) is 3.36. The SMILES string of the molecule is COc1ccc2c(c1)N(C(=O)COc1cccc(C)c1)CCC2. The number of carbonyl (C=O) groups excluding carboxylic acids is 1. The van der Waals surface area contributed by atoms with Crippen LogP contribution in [0.15, 0.2) is 42.5 Å². The normalized spacial score (nSPS) is 13.4. The van der Waals surface area contributed by atoms with Crippen molar-refractivity contribution in [3.63, 3.8) is 0 Å². The van der Waals surface area contributed by atoms with Crippen LogP contribution in [-0.2, 0) is 11.2 Å². The molecule has 0 saturated heterocycles. The minimum Gasteiger partial charge on any atom is -0.497 e. The molecule has 0 saturated carbocycles. The lowest BCUT2D eigenvalue weighted by Gasteiger charge is -2.29. The van der Waals surface area contributed by atoms with Gasteiger partial charge in [-0.2, -0.15) is 0 Å². The minimum atomic E-state index is -0.0271. The van der Waals surface area contributed by atoms with E-state index in [-0.39, 0.29) is 12.5 Å². The summed E-state index contributed by atoms with van der Waals surface area (Å²) < 4.78 is 10.9. The van der Waals surface area contributed by atoms with Gasteiger partial charge in [0.05, 0.1) is 12.8 Å². The van der Waals surface area contributed by atoms with Crippen LogP contribution in [0.3, 0.4) is 0 Å². The summed E-state index contributed by atoms with van der Waals surface area (Å²) in [5, 5.41) is 0. The Hall–Kier alpha value is -2.49. The van der Waals surface area contributed by atoms with Crippen LogP contribution in [0.2, 0.25) is 0 Å². The molecular weight excluding hydrogens is 290 g/mol. The third-order valence-electron chi connectivity index (χ3n) is 4.06. The molecule has 0 aromatic heterocycles. The van der Waals surface area contributed by atoms with E-state index in [1.54, 1.807) is 12.0 Å². The average Bonchev–Trinajstić information content (AvgIpc) is 2.58. The van der Waals surface area contributed by atoms with Crippen molar-refractivity contribution >= 4 is 11.6 Å². The number of anilines is 1. The second-order valence-electron chi connectivity index (χ2n) is 5.75. The third kappa shape index (κ3) is 3.47. The number of nitrogens with zero attached hydrogens (tertiary/aromatic N) is 1. The molecule has 2 aromatic carbocycles. The molecule has 1 aliphatic heterocycles. The first-order valence-corrected chi connectivity index (χ1v) is 7.84. The number of hydrogen-bond acceptors (Lipinski definition) is 3. The Bertz CT molecular complexity index is 712. The van der Waals surface area contributed by atoms with Gasteiger partial charge in [0, 0.05) is 12.6 Å². The zero-order chi connectivity index (χ0) is 16.2. The van der Waals surface area contributed by atoms with E-state index >= 15 is 0 Å². The zero-order valence-corrected chi connectivity index (χ0v) is 13.5. The summed E-state index contributed by atoms with van der Waals surface area (Å²) >= 11 is 0. The van der Waals surface area contributed by atoms with Crippen molar-refractivity contribution in [1.29, 1.82) is 0 Å². The molecule has 4 heteroatoms. The number of aryl methyl sites for hydroxylation is 2. The number of methoxy groups -OCH3 is 1. The molecule has 120 valence electrons. The van der Waals surface area contributed by atoms with Crippen molar-refractivity contribution in [2.75, 3.05) is 25.2 Å². The molecule has 1 aliphatic rings. The van der Waals surface area contributed by atoms with E-state index in [2.05, 4.69) is 0 Å². The monoisotopic (exact) mass is 311 g/mol. The Morgan fingerprint density at radius 2 is 2.04 bits per heavy atom. The molecule has 3 rings (SSSR count). The van der Waals surface area contributed by atoms with E-state index in [1.165, 1.54) is 5.56 Å². The number of benzene rings is 2. The summed E-state index contributed by atoms with van der Waals surface area (Å²) in [5.74, 6) is 1.46. The molecular formula is C19H21NO3. The van der Waals surface area contributed by atoms with Gasteiger partial charge in [-0.05, 0) is 49.1 Å². The highest BCUT2D eigenvalue weighted by Gasteiger charge is 2.23. The van der Waals surface area contributed by atoms with E-state index in [0.717, 1.165) is 42.1 Å². The van der Waals surface area contributed by atoms with Crippen molar-refractivity contribution in [3.05, 3.63) is 53.6 Å². The number of fused-ring (bicyclic) bond motifs is 1. The van der Waals surface area contributed by atoms with Crippen molar-refractivity contribution in [1.82, 2.24) is 0 Å². The van der Waals surface area contributed by atoms with E-state index in [1.807, 2.05) is 49.4 Å². The first-order valence-electron chi connectivity index (χ1n) is 7.84. The predicted molar refractivity (Wildman–Crippen MR) is 90.3 cm³/mol. The Labute approximate surface area is 136 Å². The van der Waals surface area contributed by atoms with Gasteiger partial charge in [-0.25, -0.2) is 0 Å². The van der Waals surface area contributed by atoms with E-state index in [0.29, 0.717) is 0 Å². The van der Waals surface area contributed by atoms with Crippen molar-refractivity contribution in [3.8, 4) is 11.5 Å². The largest absolute Gasteiger partial charge is 0.497 e. The fraction of sp³-hybridized carbons (Fsp3) is 0.316. The highest BCUT2D eigenvalue weighted by Crippen LogP contribution is 2.31. The van der Waals surface area contributed by atoms with Crippen LogP contribution in [0.5, 0.6) is 11.5 Å². The number of ether oxygens (including phenoxy) is 2. The maximum atomic E-state index is 12.6. The summed E-state index contributed by atoms with van der Waals surface area (Å²) in [7, 11) is 1.64. The number of hydrogen-bond donors (Lipinski definition) is 0. The number of amides is 1. The molecule has 0 N–H and O–H groups in total. The van der Waals surface area contributed by atoms with E-state index in [9.17, 15) is 4.79 Å². The van der Waals surface area contributed by atoms with Crippen LogP contribution in [0, 0.1) is 6.92 Å². The van der Waals surface area contributed by atoms with Gasteiger partial charge in [0.1, 0.15) is 11.5 Å². The molecule has 1 amide bonds. The van der Waals surface area contributed by atoms with Gasteiger partial charge in [-0.3, -0.25) is 4.79 Å². The average molecular weight is 311 g/mol. The molecule has 0 fully saturated rings. The maximum absolute atomic E-state index is 12.6. The second kappa shape index (κ2) is 6.73. The van der Waals surface area contributed by atoms with Crippen LogP contribution in [0.25, 0.3) is 0 Å². The molecule has 2 aromatic rings. The van der Waals surface area contributed by atoms with Crippen molar-refractivity contribution in [2.45, 2.75) is 19.8 Å². The minimum absolute atomic E-state index is 0.0271. The molecule has 0 radical (unpaired) electrons. The topological polar surface area (TPSA) is 38.8 Å². The van der Waals surface area contributed by atoms with Crippen LogP contribution < -0.4 is 14.4 Å². The van der Waals surface area contributed by atoms with Gasteiger partial charge in [0.2, 0.25) is 0 Å². The first kappa shape index (κ1) is 15.4. The summed E-state index contributed by atoms with van der Waals surface area (Å²) in [4.78, 5) is 14.4. The Kier molecular flexibility index (Phi) is 4.51. The molecule has 4 nitrogen and oxygen atoms in total. The van der Waals surface area contributed by atoms with Gasteiger partial charge in [0.25, 0.3) is 5.91 Å². The van der Waals surface area contributed by atoms with Crippen LogP contribution in [0.4, 0.5) is 5.69 Å². The Morgan fingerprint density at radius 1 is 1.17 bits per heavy atom. The highest BCUT2D eigenvalue weighted by atomic mass is 16.5. The van der Waals surface area contributed by atoms with E-state index < -0.39 is 0 Å². The lowest BCUT2D eigenvalue weighted by molar-refractivity contribution is -0.120. The number of carbonyl (C=O) groups is 1. The molecule has 1 heterocycles. The summed E-state index contributed by atoms with van der Waals surface area (Å²) in [6, 6.07) is 13.6. The quantitative estimate of drug-likeness (QED) is 0.869. The fourth-order valence-electron chi connectivity index (χ4n) is 2.87. The van der Waals surface area contributed by atoms with Crippen LogP contribution >= 0.6 is 0 Å². The summed E-state index contributed by atoms with van der Waals surface area (Å²) in [5.41, 5.74) is 3.23. The van der Waals surface area contributed by atoms with Gasteiger partial charge in [-0.1, -0.05) is 18.2 Å². The maximum Gasteiger partial charge on any atom is 0.264 e. The first-order chi connectivity index (χ1) is 11.2. The number of rotatable bonds is 4. The third-order valence-corrected chi connectivity index (χ3v) is 4.06. The smallest absolute Gasteiger partial charge is 0.264 e.